The normalized spacial score (nSPS) is 11.9. The van der Waals surface area contributed by atoms with Crippen molar-refractivity contribution in [2.45, 2.75) is 26.8 Å². The molecule has 0 fully saturated rings. The minimum atomic E-state index is -0.786. The Morgan fingerprint density at radius 1 is 1.40 bits per heavy atom. The Balaban J connectivity index is 1.97. The number of furan rings is 1. The van der Waals surface area contributed by atoms with E-state index in [1.54, 1.807) is 13.8 Å². The zero-order valence-electron chi connectivity index (χ0n) is 11.6. The minimum absolute atomic E-state index is 0.385. The third-order valence-corrected chi connectivity index (χ3v) is 3.76. The van der Waals surface area contributed by atoms with Crippen LogP contribution in [-0.4, -0.2) is 17.6 Å². The highest BCUT2D eigenvalue weighted by molar-refractivity contribution is 6.30. The molecule has 1 aromatic heterocycles. The fourth-order valence-corrected chi connectivity index (χ4v) is 2.21. The summed E-state index contributed by atoms with van der Waals surface area (Å²) in [6.45, 7) is 4.61. The van der Waals surface area contributed by atoms with Gasteiger partial charge < -0.3 is 14.8 Å². The van der Waals surface area contributed by atoms with Gasteiger partial charge in [0.2, 0.25) is 0 Å². The largest absolute Gasteiger partial charge is 0.481 e. The van der Waals surface area contributed by atoms with Gasteiger partial charge in [-0.05, 0) is 44.5 Å². The lowest BCUT2D eigenvalue weighted by Gasteiger charge is -2.18. The summed E-state index contributed by atoms with van der Waals surface area (Å²) in [6, 6.07) is 7.67. The average molecular weight is 296 g/mol. The molecule has 0 radical (unpaired) electrons. The number of halogens is 1. The Kier molecular flexibility index (Phi) is 4.35. The van der Waals surface area contributed by atoms with Gasteiger partial charge in [-0.3, -0.25) is 4.79 Å². The molecule has 1 aromatic carbocycles. The number of fused-ring (bicyclic) bond motifs is 1. The molecule has 0 spiro atoms. The minimum Gasteiger partial charge on any atom is -0.481 e. The van der Waals surface area contributed by atoms with Gasteiger partial charge >= 0.3 is 5.97 Å². The van der Waals surface area contributed by atoms with Gasteiger partial charge in [-0.1, -0.05) is 18.2 Å². The lowest BCUT2D eigenvalue weighted by molar-refractivity contribution is -0.147. The molecule has 108 valence electrons. The van der Waals surface area contributed by atoms with E-state index in [1.165, 1.54) is 0 Å². The summed E-state index contributed by atoms with van der Waals surface area (Å²) in [6.07, 6.45) is 0.551. The molecule has 0 bridgehead atoms. The Labute approximate surface area is 122 Å². The van der Waals surface area contributed by atoms with E-state index in [9.17, 15) is 4.79 Å². The molecule has 0 aliphatic rings. The Bertz CT molecular complexity index is 619. The van der Waals surface area contributed by atoms with E-state index in [0.717, 1.165) is 16.5 Å². The van der Waals surface area contributed by atoms with E-state index in [0.29, 0.717) is 24.7 Å². The van der Waals surface area contributed by atoms with Gasteiger partial charge in [0.25, 0.3) is 0 Å². The molecule has 20 heavy (non-hydrogen) atoms. The van der Waals surface area contributed by atoms with Crippen LogP contribution < -0.4 is 5.32 Å². The molecule has 2 N–H and O–H groups in total. The zero-order valence-corrected chi connectivity index (χ0v) is 12.3. The van der Waals surface area contributed by atoms with Gasteiger partial charge in [0.1, 0.15) is 5.58 Å². The third-order valence-electron chi connectivity index (χ3n) is 3.46. The number of carboxylic acids is 1. The maximum absolute atomic E-state index is 11.0. The van der Waals surface area contributed by atoms with E-state index in [1.807, 2.05) is 24.3 Å². The van der Waals surface area contributed by atoms with Crippen molar-refractivity contribution >= 4 is 28.5 Å². The number of hydrogen-bond donors (Lipinski definition) is 2. The zero-order chi connectivity index (χ0) is 14.8. The topological polar surface area (TPSA) is 62.5 Å². The number of carbonyl (C=O) groups is 1. The molecule has 2 rings (SSSR count). The second-order valence-corrected chi connectivity index (χ2v) is 5.81. The summed E-state index contributed by atoms with van der Waals surface area (Å²) in [5.74, 6) is -0.786. The van der Waals surface area contributed by atoms with Crippen molar-refractivity contribution < 1.29 is 14.3 Å². The molecule has 0 atom stereocenters. The number of aliphatic carboxylic acids is 1. The number of nitrogens with one attached hydrogen (secondary N) is 1. The number of rotatable bonds is 6. The van der Waals surface area contributed by atoms with Crippen molar-refractivity contribution in [3.63, 3.8) is 0 Å². The number of hydrogen-bond acceptors (Lipinski definition) is 3. The first kappa shape index (κ1) is 14.9. The highest BCUT2D eigenvalue weighted by atomic mass is 35.5. The Hall–Kier alpha value is -1.52. The smallest absolute Gasteiger partial charge is 0.309 e. The lowest BCUT2D eigenvalue weighted by Crippen LogP contribution is -2.28. The quantitative estimate of drug-likeness (QED) is 0.798. The molecule has 0 amide bonds. The summed E-state index contributed by atoms with van der Waals surface area (Å²) in [4.78, 5) is 11.0. The van der Waals surface area contributed by atoms with Crippen molar-refractivity contribution in [2.24, 2.45) is 5.41 Å². The van der Waals surface area contributed by atoms with Crippen LogP contribution in [0.3, 0.4) is 0 Å². The molecular formula is C15H18ClNO3. The van der Waals surface area contributed by atoms with Crippen molar-refractivity contribution in [2.75, 3.05) is 6.54 Å². The van der Waals surface area contributed by atoms with Crippen LogP contribution in [0.5, 0.6) is 0 Å². The second-order valence-electron chi connectivity index (χ2n) is 5.47. The number of para-hydroxylation sites is 1. The van der Waals surface area contributed by atoms with Crippen molar-refractivity contribution in [1.29, 1.82) is 0 Å². The Morgan fingerprint density at radius 3 is 2.80 bits per heavy atom. The third kappa shape index (κ3) is 3.14. The average Bonchev–Trinajstić information content (AvgIpc) is 2.70. The van der Waals surface area contributed by atoms with Gasteiger partial charge in [-0.25, -0.2) is 0 Å². The van der Waals surface area contributed by atoms with E-state index < -0.39 is 11.4 Å². The van der Waals surface area contributed by atoms with E-state index in [-0.39, 0.29) is 0 Å². The fraction of sp³-hybridized carbons (Fsp3) is 0.400. The first-order chi connectivity index (χ1) is 9.42. The summed E-state index contributed by atoms with van der Waals surface area (Å²) in [5, 5.41) is 13.6. The summed E-state index contributed by atoms with van der Waals surface area (Å²) < 4.78 is 5.47. The van der Waals surface area contributed by atoms with Crippen LogP contribution in [0.25, 0.3) is 11.0 Å². The maximum atomic E-state index is 11.0. The summed E-state index contributed by atoms with van der Waals surface area (Å²) >= 11 is 6.09. The van der Waals surface area contributed by atoms with Crippen LogP contribution in [-0.2, 0) is 11.3 Å². The maximum Gasteiger partial charge on any atom is 0.309 e. The highest BCUT2D eigenvalue weighted by Gasteiger charge is 2.26. The number of benzene rings is 1. The van der Waals surface area contributed by atoms with E-state index >= 15 is 0 Å². The first-order valence-corrected chi connectivity index (χ1v) is 6.89. The molecule has 4 nitrogen and oxygen atoms in total. The van der Waals surface area contributed by atoms with E-state index in [2.05, 4.69) is 5.32 Å². The summed E-state index contributed by atoms with van der Waals surface area (Å²) in [5.41, 5.74) is 0.950. The van der Waals surface area contributed by atoms with E-state index in [4.69, 9.17) is 21.1 Å². The molecule has 0 unspecified atom stereocenters. The molecular weight excluding hydrogens is 278 g/mol. The van der Waals surface area contributed by atoms with Gasteiger partial charge in [0.05, 0.1) is 5.41 Å². The predicted octanol–water partition coefficient (Wildman–Crippen LogP) is 3.68. The number of carboxylic acid groups (broad SMARTS) is 1. The predicted molar refractivity (Wildman–Crippen MR) is 79.0 cm³/mol. The molecule has 0 saturated carbocycles. The molecule has 0 aliphatic heterocycles. The van der Waals surface area contributed by atoms with Crippen molar-refractivity contribution in [1.82, 2.24) is 5.32 Å². The Morgan fingerprint density at radius 2 is 2.10 bits per heavy atom. The summed E-state index contributed by atoms with van der Waals surface area (Å²) in [7, 11) is 0. The molecule has 0 aliphatic carbocycles. The second kappa shape index (κ2) is 5.85. The van der Waals surface area contributed by atoms with Crippen molar-refractivity contribution in [3.8, 4) is 0 Å². The van der Waals surface area contributed by atoms with Gasteiger partial charge in [-0.15, -0.1) is 0 Å². The standard InChI is InChI=1S/C15H18ClNO3/c1-15(2,14(18)19)7-8-17-9-11-10-5-3-4-6-12(10)20-13(11)16/h3-6,17H,7-9H2,1-2H3,(H,18,19). The van der Waals surface area contributed by atoms with Gasteiger partial charge in [0.15, 0.2) is 5.22 Å². The van der Waals surface area contributed by atoms with Crippen LogP contribution in [0.2, 0.25) is 5.22 Å². The molecule has 0 saturated heterocycles. The molecule has 5 heteroatoms. The van der Waals surface area contributed by atoms with Crippen LogP contribution in [0.1, 0.15) is 25.8 Å². The first-order valence-electron chi connectivity index (χ1n) is 6.52. The molecule has 2 aromatic rings. The van der Waals surface area contributed by atoms with Gasteiger partial charge in [-0.2, -0.15) is 0 Å². The van der Waals surface area contributed by atoms with Crippen LogP contribution in [0.15, 0.2) is 28.7 Å². The fourth-order valence-electron chi connectivity index (χ4n) is 1.95. The van der Waals surface area contributed by atoms with Crippen LogP contribution >= 0.6 is 11.6 Å². The van der Waals surface area contributed by atoms with Crippen LogP contribution in [0.4, 0.5) is 0 Å². The van der Waals surface area contributed by atoms with Gasteiger partial charge in [0, 0.05) is 17.5 Å². The SMILES string of the molecule is CC(C)(CCNCc1c(Cl)oc2ccccc12)C(=O)O. The molecule has 1 heterocycles. The van der Waals surface area contributed by atoms with Crippen LogP contribution in [0, 0.1) is 5.41 Å². The van der Waals surface area contributed by atoms with Crippen molar-refractivity contribution in [3.05, 3.63) is 35.0 Å². The highest BCUT2D eigenvalue weighted by Crippen LogP contribution is 2.29. The lowest BCUT2D eigenvalue weighted by atomic mass is 9.90. The monoisotopic (exact) mass is 295 g/mol.